The van der Waals surface area contributed by atoms with E-state index in [0.29, 0.717) is 12.3 Å². The molecule has 2 atom stereocenters. The van der Waals surface area contributed by atoms with Crippen LogP contribution in [0.25, 0.3) is 0 Å². The number of hydrogen-bond acceptors (Lipinski definition) is 4. The average Bonchev–Trinajstić information content (AvgIpc) is 2.93. The maximum Gasteiger partial charge on any atom is 0.261 e. The van der Waals surface area contributed by atoms with Crippen LogP contribution >= 0.6 is 0 Å². The predicted molar refractivity (Wildman–Crippen MR) is 141 cm³/mol. The van der Waals surface area contributed by atoms with Crippen molar-refractivity contribution in [2.45, 2.75) is 38.6 Å². The number of carbonyl (C=O) groups is 1. The molecule has 0 aliphatic carbocycles. The van der Waals surface area contributed by atoms with Crippen LogP contribution in [0.3, 0.4) is 0 Å². The molecule has 5 nitrogen and oxygen atoms in total. The number of ether oxygens (including phenoxy) is 1. The van der Waals surface area contributed by atoms with Crippen LogP contribution in [0.2, 0.25) is 0 Å². The van der Waals surface area contributed by atoms with Gasteiger partial charge in [0.2, 0.25) is 0 Å². The Morgan fingerprint density at radius 1 is 0.972 bits per heavy atom. The van der Waals surface area contributed by atoms with E-state index < -0.39 is 6.10 Å². The van der Waals surface area contributed by atoms with Gasteiger partial charge in [-0.2, -0.15) is 0 Å². The molecule has 0 saturated carbocycles. The summed E-state index contributed by atoms with van der Waals surface area (Å²) in [7, 11) is 0. The number of amides is 1. The molecule has 0 fully saturated rings. The van der Waals surface area contributed by atoms with E-state index in [1.165, 1.54) is 22.3 Å². The second-order valence-corrected chi connectivity index (χ2v) is 9.21. The van der Waals surface area contributed by atoms with Gasteiger partial charge in [-0.3, -0.25) is 14.7 Å². The summed E-state index contributed by atoms with van der Waals surface area (Å²) < 4.78 is 6.13. The predicted octanol–water partition coefficient (Wildman–Crippen LogP) is 5.31. The highest BCUT2D eigenvalue weighted by molar-refractivity contribution is 5.80. The molecule has 2 heterocycles. The van der Waals surface area contributed by atoms with Crippen LogP contribution in [0.4, 0.5) is 0 Å². The van der Waals surface area contributed by atoms with Crippen LogP contribution < -0.4 is 10.1 Å². The number of benzene rings is 3. The minimum Gasteiger partial charge on any atom is -0.481 e. The fourth-order valence-corrected chi connectivity index (χ4v) is 4.82. The van der Waals surface area contributed by atoms with Crippen LogP contribution in [-0.2, 0) is 24.3 Å². The summed E-state index contributed by atoms with van der Waals surface area (Å²) in [4.78, 5) is 19.2. The Labute approximate surface area is 212 Å². The number of rotatable bonds is 8. The molecular formula is C31H31N3O2. The first-order valence-corrected chi connectivity index (χ1v) is 12.5. The molecular weight excluding hydrogens is 446 g/mol. The molecule has 36 heavy (non-hydrogen) atoms. The SMILES string of the molecule is CC(Oc1ccc2c(c1)C(c1ccccc1)N(Cc1ccccc1)CC2)C(=O)NCc1ccncc1. The first-order chi connectivity index (χ1) is 17.7. The zero-order valence-electron chi connectivity index (χ0n) is 20.5. The Morgan fingerprint density at radius 3 is 2.44 bits per heavy atom. The van der Waals surface area contributed by atoms with Gasteiger partial charge in [-0.15, -0.1) is 0 Å². The first kappa shape index (κ1) is 23.8. The smallest absolute Gasteiger partial charge is 0.261 e. The Kier molecular flexibility index (Phi) is 7.39. The fourth-order valence-electron chi connectivity index (χ4n) is 4.82. The molecule has 1 aliphatic heterocycles. The van der Waals surface area contributed by atoms with Gasteiger partial charge < -0.3 is 10.1 Å². The summed E-state index contributed by atoms with van der Waals surface area (Å²) in [6.07, 6.45) is 3.81. The van der Waals surface area contributed by atoms with Crippen LogP contribution in [0.1, 0.15) is 40.8 Å². The van der Waals surface area contributed by atoms with Crippen molar-refractivity contribution in [2.24, 2.45) is 0 Å². The van der Waals surface area contributed by atoms with E-state index in [9.17, 15) is 4.79 Å². The maximum atomic E-state index is 12.7. The van der Waals surface area contributed by atoms with E-state index in [2.05, 4.69) is 88.0 Å². The van der Waals surface area contributed by atoms with Crippen LogP contribution in [0.15, 0.2) is 103 Å². The molecule has 2 unspecified atom stereocenters. The van der Waals surface area contributed by atoms with Gasteiger partial charge in [0.05, 0.1) is 6.04 Å². The Hall–Kier alpha value is -3.96. The lowest BCUT2D eigenvalue weighted by atomic mass is 9.87. The summed E-state index contributed by atoms with van der Waals surface area (Å²) in [6, 6.07) is 31.4. The van der Waals surface area contributed by atoms with E-state index in [1.54, 1.807) is 19.3 Å². The van der Waals surface area contributed by atoms with Crippen molar-refractivity contribution in [3.05, 3.63) is 131 Å². The summed E-state index contributed by atoms with van der Waals surface area (Å²) in [6.45, 7) is 4.09. The molecule has 1 aliphatic rings. The average molecular weight is 478 g/mol. The third-order valence-electron chi connectivity index (χ3n) is 6.69. The van der Waals surface area contributed by atoms with Gasteiger partial charge >= 0.3 is 0 Å². The van der Waals surface area contributed by atoms with Crippen LogP contribution in [-0.4, -0.2) is 28.4 Å². The number of carbonyl (C=O) groups excluding carboxylic acids is 1. The Balaban J connectivity index is 1.36. The van der Waals surface area contributed by atoms with Gasteiger partial charge in [-0.1, -0.05) is 66.7 Å². The highest BCUT2D eigenvalue weighted by Crippen LogP contribution is 2.38. The van der Waals surface area contributed by atoms with E-state index in [0.717, 1.165) is 25.1 Å². The highest BCUT2D eigenvalue weighted by Gasteiger charge is 2.29. The van der Waals surface area contributed by atoms with Crippen molar-refractivity contribution in [3.8, 4) is 5.75 Å². The molecule has 182 valence electrons. The zero-order valence-corrected chi connectivity index (χ0v) is 20.5. The Morgan fingerprint density at radius 2 is 1.69 bits per heavy atom. The van der Waals surface area contributed by atoms with Crippen molar-refractivity contribution >= 4 is 5.91 Å². The minimum absolute atomic E-state index is 0.120. The lowest BCUT2D eigenvalue weighted by molar-refractivity contribution is -0.127. The van der Waals surface area contributed by atoms with E-state index in [-0.39, 0.29) is 11.9 Å². The standard InChI is InChI=1S/C31H31N3O2/c1-23(31(35)33-21-24-14-17-32-18-15-24)36-28-13-12-26-16-19-34(22-25-8-4-2-5-9-25)30(29(26)20-28)27-10-6-3-7-11-27/h2-15,17-18,20,23,30H,16,19,21-22H2,1H3,(H,33,35). The molecule has 1 N–H and O–H groups in total. The van der Waals surface area contributed by atoms with Crippen LogP contribution in [0, 0.1) is 0 Å². The molecule has 1 aromatic heterocycles. The minimum atomic E-state index is -0.607. The van der Waals surface area contributed by atoms with Gasteiger partial charge in [-0.25, -0.2) is 0 Å². The molecule has 5 rings (SSSR count). The van der Waals surface area contributed by atoms with Crippen LogP contribution in [0.5, 0.6) is 5.75 Å². The summed E-state index contributed by atoms with van der Waals surface area (Å²) in [5, 5.41) is 2.95. The Bertz CT molecular complexity index is 1280. The summed E-state index contributed by atoms with van der Waals surface area (Å²) in [5.74, 6) is 0.567. The number of aromatic nitrogens is 1. The van der Waals surface area contributed by atoms with Gasteiger partial charge in [0, 0.05) is 32.0 Å². The number of nitrogens with one attached hydrogen (secondary N) is 1. The zero-order chi connectivity index (χ0) is 24.7. The second-order valence-electron chi connectivity index (χ2n) is 9.21. The van der Waals surface area contributed by atoms with E-state index in [4.69, 9.17) is 4.74 Å². The van der Waals surface area contributed by atoms with Crippen molar-refractivity contribution in [1.29, 1.82) is 0 Å². The molecule has 4 aromatic rings. The summed E-state index contributed by atoms with van der Waals surface area (Å²) >= 11 is 0. The van der Waals surface area contributed by atoms with Crippen molar-refractivity contribution in [1.82, 2.24) is 15.2 Å². The number of pyridine rings is 1. The monoisotopic (exact) mass is 477 g/mol. The molecule has 0 spiro atoms. The number of fused-ring (bicyclic) bond motifs is 1. The topological polar surface area (TPSA) is 54.5 Å². The summed E-state index contributed by atoms with van der Waals surface area (Å²) in [5.41, 5.74) is 6.13. The van der Waals surface area contributed by atoms with Gasteiger partial charge in [0.25, 0.3) is 5.91 Å². The van der Waals surface area contributed by atoms with Gasteiger partial charge in [0.15, 0.2) is 6.10 Å². The van der Waals surface area contributed by atoms with Crippen molar-refractivity contribution in [3.63, 3.8) is 0 Å². The number of nitrogens with zero attached hydrogens (tertiary/aromatic N) is 2. The first-order valence-electron chi connectivity index (χ1n) is 12.5. The van der Waals surface area contributed by atoms with Gasteiger partial charge in [0.1, 0.15) is 5.75 Å². The van der Waals surface area contributed by atoms with Gasteiger partial charge in [-0.05, 0) is 65.4 Å². The lowest BCUT2D eigenvalue weighted by Crippen LogP contribution is -2.37. The van der Waals surface area contributed by atoms with E-state index >= 15 is 0 Å². The largest absolute Gasteiger partial charge is 0.481 e. The highest BCUT2D eigenvalue weighted by atomic mass is 16.5. The third kappa shape index (κ3) is 5.64. The molecule has 1 amide bonds. The fraction of sp³-hybridized carbons (Fsp3) is 0.226. The quantitative estimate of drug-likeness (QED) is 0.374. The second kappa shape index (κ2) is 11.2. The normalized spacial score (nSPS) is 16.1. The lowest BCUT2D eigenvalue weighted by Gasteiger charge is -2.38. The van der Waals surface area contributed by atoms with Crippen molar-refractivity contribution < 1.29 is 9.53 Å². The molecule has 0 bridgehead atoms. The van der Waals surface area contributed by atoms with Crippen molar-refractivity contribution in [2.75, 3.05) is 6.54 Å². The van der Waals surface area contributed by atoms with E-state index in [1.807, 2.05) is 18.2 Å². The molecule has 0 radical (unpaired) electrons. The third-order valence-corrected chi connectivity index (χ3v) is 6.69. The molecule has 5 heteroatoms. The molecule has 0 saturated heterocycles. The number of hydrogen-bond donors (Lipinski definition) is 1. The molecule has 3 aromatic carbocycles. The maximum absolute atomic E-state index is 12.7.